The monoisotopic (exact) mass is 441 g/mol. The van der Waals surface area contributed by atoms with Crippen LogP contribution in [-0.2, 0) is 6.18 Å². The SMILES string of the molecule is O=C(CCC(F)c1ccc(-c2ccc(F)nc2)cc1Cl)c1nccnc1C(F)(F)F. The van der Waals surface area contributed by atoms with Gasteiger partial charge in [-0.05, 0) is 30.2 Å². The molecular formula is C20H13ClF5N3O. The van der Waals surface area contributed by atoms with E-state index >= 15 is 0 Å². The van der Waals surface area contributed by atoms with Crippen LogP contribution in [0.2, 0.25) is 5.02 Å². The maximum atomic E-state index is 14.6. The number of aromatic nitrogens is 3. The van der Waals surface area contributed by atoms with Crippen LogP contribution in [0.15, 0.2) is 48.9 Å². The van der Waals surface area contributed by atoms with Crippen molar-refractivity contribution in [2.75, 3.05) is 0 Å². The van der Waals surface area contributed by atoms with Gasteiger partial charge in [0.05, 0.1) is 0 Å². The highest BCUT2D eigenvalue weighted by Crippen LogP contribution is 2.34. The Hall–Kier alpha value is -2.94. The maximum Gasteiger partial charge on any atom is 0.435 e. The van der Waals surface area contributed by atoms with Crippen molar-refractivity contribution in [1.29, 1.82) is 0 Å². The molecule has 2 heterocycles. The van der Waals surface area contributed by atoms with E-state index in [4.69, 9.17) is 11.6 Å². The summed E-state index contributed by atoms with van der Waals surface area (Å²) in [5.74, 6) is -1.62. The molecule has 0 aliphatic carbocycles. The van der Waals surface area contributed by atoms with E-state index < -0.39 is 41.9 Å². The van der Waals surface area contributed by atoms with Crippen LogP contribution < -0.4 is 0 Å². The average molecular weight is 442 g/mol. The number of benzene rings is 1. The Balaban J connectivity index is 1.72. The Morgan fingerprint density at radius 2 is 1.73 bits per heavy atom. The molecule has 0 aliphatic rings. The molecule has 3 rings (SSSR count). The lowest BCUT2D eigenvalue weighted by atomic mass is 9.99. The van der Waals surface area contributed by atoms with Crippen LogP contribution in [0.5, 0.6) is 0 Å². The van der Waals surface area contributed by atoms with Crippen molar-refractivity contribution >= 4 is 17.4 Å². The minimum Gasteiger partial charge on any atom is -0.292 e. The predicted molar refractivity (Wildman–Crippen MR) is 99.1 cm³/mol. The van der Waals surface area contributed by atoms with Gasteiger partial charge in [-0.2, -0.15) is 17.6 Å². The molecule has 10 heteroatoms. The fourth-order valence-electron chi connectivity index (χ4n) is 2.79. The number of hydrogen-bond donors (Lipinski definition) is 0. The summed E-state index contributed by atoms with van der Waals surface area (Å²) in [6.45, 7) is 0. The molecule has 0 amide bonds. The first kappa shape index (κ1) is 21.8. The predicted octanol–water partition coefficient (Wildman–Crippen LogP) is 6.02. The lowest BCUT2D eigenvalue weighted by Crippen LogP contribution is -2.17. The molecule has 0 N–H and O–H groups in total. The van der Waals surface area contributed by atoms with Crippen molar-refractivity contribution in [1.82, 2.24) is 15.0 Å². The third-order valence-electron chi connectivity index (χ3n) is 4.25. The van der Waals surface area contributed by atoms with Gasteiger partial charge in [-0.25, -0.2) is 19.3 Å². The second-order valence-electron chi connectivity index (χ2n) is 6.29. The van der Waals surface area contributed by atoms with Gasteiger partial charge in [-0.15, -0.1) is 0 Å². The highest BCUT2D eigenvalue weighted by atomic mass is 35.5. The molecule has 3 aromatic rings. The highest BCUT2D eigenvalue weighted by molar-refractivity contribution is 6.31. The van der Waals surface area contributed by atoms with Gasteiger partial charge in [0, 0.05) is 41.2 Å². The van der Waals surface area contributed by atoms with Gasteiger partial charge in [0.25, 0.3) is 0 Å². The number of carbonyl (C=O) groups is 1. The number of ketones is 1. The topological polar surface area (TPSA) is 55.7 Å². The number of halogens is 6. The molecule has 1 unspecified atom stereocenters. The number of carbonyl (C=O) groups excluding carboxylic acids is 1. The van der Waals surface area contributed by atoms with Gasteiger partial charge < -0.3 is 0 Å². The Bertz CT molecular complexity index is 1060. The van der Waals surface area contributed by atoms with Crippen molar-refractivity contribution < 1.29 is 26.7 Å². The van der Waals surface area contributed by atoms with E-state index in [0.29, 0.717) is 11.1 Å². The molecule has 4 nitrogen and oxygen atoms in total. The van der Waals surface area contributed by atoms with E-state index in [2.05, 4.69) is 15.0 Å². The second-order valence-corrected chi connectivity index (χ2v) is 6.69. The van der Waals surface area contributed by atoms with E-state index in [-0.39, 0.29) is 17.0 Å². The third kappa shape index (κ3) is 4.96. The minimum atomic E-state index is -4.84. The summed E-state index contributed by atoms with van der Waals surface area (Å²) in [6, 6.07) is 7.07. The molecule has 0 spiro atoms. The van der Waals surface area contributed by atoms with E-state index in [1.54, 1.807) is 6.07 Å². The first-order valence-electron chi connectivity index (χ1n) is 8.63. The quantitative estimate of drug-likeness (QED) is 0.266. The van der Waals surface area contributed by atoms with E-state index in [9.17, 15) is 26.7 Å². The van der Waals surface area contributed by atoms with Gasteiger partial charge in [0.2, 0.25) is 5.95 Å². The van der Waals surface area contributed by atoms with Crippen LogP contribution in [-0.4, -0.2) is 20.7 Å². The molecule has 2 aromatic heterocycles. The molecule has 0 saturated carbocycles. The van der Waals surface area contributed by atoms with Crippen LogP contribution in [0.4, 0.5) is 22.0 Å². The van der Waals surface area contributed by atoms with Crippen molar-refractivity contribution in [3.8, 4) is 11.1 Å². The van der Waals surface area contributed by atoms with Crippen LogP contribution in [0, 0.1) is 5.95 Å². The molecule has 1 aromatic carbocycles. The fraction of sp³-hybridized carbons (Fsp3) is 0.200. The van der Waals surface area contributed by atoms with Crippen molar-refractivity contribution in [3.05, 3.63) is 76.8 Å². The van der Waals surface area contributed by atoms with E-state index in [0.717, 1.165) is 12.4 Å². The number of alkyl halides is 4. The maximum absolute atomic E-state index is 14.6. The molecule has 30 heavy (non-hydrogen) atoms. The minimum absolute atomic E-state index is 0.0623. The van der Waals surface area contributed by atoms with Crippen LogP contribution >= 0.6 is 11.6 Å². The van der Waals surface area contributed by atoms with Gasteiger partial charge in [-0.3, -0.25) is 4.79 Å². The number of rotatable bonds is 6. The Kier molecular flexibility index (Phi) is 6.40. The smallest absolute Gasteiger partial charge is 0.292 e. The zero-order valence-electron chi connectivity index (χ0n) is 15.1. The standard InChI is InChI=1S/C20H13ClF5N3O/c21-14-9-11(12-2-6-17(23)29-10-12)1-3-13(14)15(22)4-5-16(30)18-19(20(24,25)26)28-8-7-27-18/h1-3,6-10,15H,4-5H2. The number of pyridine rings is 1. The molecule has 0 fully saturated rings. The normalized spacial score (nSPS) is 12.6. The van der Waals surface area contributed by atoms with E-state index in [1.165, 1.54) is 30.5 Å². The second kappa shape index (κ2) is 8.83. The number of nitrogens with zero attached hydrogens (tertiary/aromatic N) is 3. The Morgan fingerprint density at radius 3 is 2.37 bits per heavy atom. The van der Waals surface area contributed by atoms with Gasteiger partial charge >= 0.3 is 6.18 Å². The summed E-state index contributed by atoms with van der Waals surface area (Å²) in [5, 5.41) is 0.0623. The molecule has 0 saturated heterocycles. The first-order chi connectivity index (χ1) is 14.2. The average Bonchev–Trinajstić information content (AvgIpc) is 2.71. The van der Waals surface area contributed by atoms with Crippen LogP contribution in [0.3, 0.4) is 0 Å². The molecule has 0 aliphatic heterocycles. The van der Waals surface area contributed by atoms with Crippen molar-refractivity contribution in [3.63, 3.8) is 0 Å². The lowest BCUT2D eigenvalue weighted by Gasteiger charge is -2.13. The van der Waals surface area contributed by atoms with Crippen LogP contribution in [0.1, 0.15) is 40.8 Å². The number of hydrogen-bond acceptors (Lipinski definition) is 4. The van der Waals surface area contributed by atoms with Crippen molar-refractivity contribution in [2.45, 2.75) is 25.2 Å². The summed E-state index contributed by atoms with van der Waals surface area (Å²) in [5.41, 5.74) is -1.02. The highest BCUT2D eigenvalue weighted by Gasteiger charge is 2.37. The fourth-order valence-corrected chi connectivity index (χ4v) is 3.09. The lowest BCUT2D eigenvalue weighted by molar-refractivity contribution is -0.141. The third-order valence-corrected chi connectivity index (χ3v) is 4.58. The molecule has 0 radical (unpaired) electrons. The summed E-state index contributed by atoms with van der Waals surface area (Å²) in [7, 11) is 0. The van der Waals surface area contributed by atoms with Gasteiger partial charge in [0.15, 0.2) is 11.5 Å². The van der Waals surface area contributed by atoms with Gasteiger partial charge in [-0.1, -0.05) is 23.7 Å². The van der Waals surface area contributed by atoms with Gasteiger partial charge in [0.1, 0.15) is 11.9 Å². The molecule has 156 valence electrons. The molecule has 0 bridgehead atoms. The first-order valence-corrected chi connectivity index (χ1v) is 9.01. The summed E-state index contributed by atoms with van der Waals surface area (Å²) >= 11 is 6.13. The van der Waals surface area contributed by atoms with E-state index in [1.807, 2.05) is 0 Å². The largest absolute Gasteiger partial charge is 0.435 e. The number of Topliss-reactive ketones (excluding diaryl/α,β-unsaturated/α-hetero) is 1. The zero-order valence-corrected chi connectivity index (χ0v) is 15.9. The summed E-state index contributed by atoms with van der Waals surface area (Å²) in [4.78, 5) is 22.3. The molecule has 1 atom stereocenters. The Labute approximate surface area is 172 Å². The van der Waals surface area contributed by atoms with Crippen molar-refractivity contribution in [2.24, 2.45) is 0 Å². The zero-order chi connectivity index (χ0) is 21.9. The Morgan fingerprint density at radius 1 is 1.03 bits per heavy atom. The van der Waals surface area contributed by atoms with Crippen LogP contribution in [0.25, 0.3) is 11.1 Å². The summed E-state index contributed by atoms with van der Waals surface area (Å²) in [6.07, 6.45) is -4.33. The summed E-state index contributed by atoms with van der Waals surface area (Å²) < 4.78 is 66.4. The molecular weight excluding hydrogens is 429 g/mol.